The summed E-state index contributed by atoms with van der Waals surface area (Å²) in [5.41, 5.74) is 0.883. The third-order valence-corrected chi connectivity index (χ3v) is 4.66. The van der Waals surface area contributed by atoms with Gasteiger partial charge >= 0.3 is 5.97 Å². The first-order valence-electron chi connectivity index (χ1n) is 10.2. The van der Waals surface area contributed by atoms with Crippen LogP contribution in [0, 0.1) is 0 Å². The van der Waals surface area contributed by atoms with E-state index in [1.54, 1.807) is 24.3 Å². The highest BCUT2D eigenvalue weighted by Gasteiger charge is 2.34. The minimum Gasteiger partial charge on any atom is -0.465 e. The van der Waals surface area contributed by atoms with Crippen LogP contribution in [0.25, 0.3) is 0 Å². The van der Waals surface area contributed by atoms with Crippen LogP contribution in [0.3, 0.4) is 0 Å². The van der Waals surface area contributed by atoms with Gasteiger partial charge in [-0.25, -0.2) is 0 Å². The Kier molecular flexibility index (Phi) is 9.50. The zero-order valence-corrected chi connectivity index (χ0v) is 17.0. The predicted octanol–water partition coefficient (Wildman–Crippen LogP) is 3.16. The lowest BCUT2D eigenvalue weighted by Crippen LogP contribution is -2.30. The Morgan fingerprint density at radius 1 is 0.897 bits per heavy atom. The molecule has 0 fully saturated rings. The van der Waals surface area contributed by atoms with Gasteiger partial charge in [0.15, 0.2) is 5.78 Å². The summed E-state index contributed by atoms with van der Waals surface area (Å²) < 4.78 is 10.3. The van der Waals surface area contributed by atoms with Gasteiger partial charge in [-0.15, -0.1) is 0 Å². The van der Waals surface area contributed by atoms with E-state index in [2.05, 4.69) is 6.92 Å². The number of hydrogen-bond donors (Lipinski definition) is 0. The number of ketones is 1. The molecule has 0 bridgehead atoms. The lowest BCUT2D eigenvalue weighted by molar-refractivity contribution is -0.147. The molecule has 2 amide bonds. The van der Waals surface area contributed by atoms with E-state index in [1.807, 2.05) is 0 Å². The van der Waals surface area contributed by atoms with E-state index in [9.17, 15) is 19.2 Å². The minimum absolute atomic E-state index is 0.141. The molecule has 0 N–H and O–H groups in total. The van der Waals surface area contributed by atoms with Crippen LogP contribution in [0.1, 0.15) is 72.6 Å². The number of unbranched alkanes of at least 4 members (excludes halogenated alkanes) is 4. The zero-order chi connectivity index (χ0) is 21.1. The number of hydrogen-bond acceptors (Lipinski definition) is 6. The van der Waals surface area contributed by atoms with Crippen LogP contribution in [0.2, 0.25) is 0 Å². The molecule has 1 aromatic carbocycles. The molecule has 0 unspecified atom stereocenters. The molecule has 1 aromatic rings. The van der Waals surface area contributed by atoms with Gasteiger partial charge in [0.1, 0.15) is 13.0 Å². The smallest absolute Gasteiger partial charge is 0.313 e. The number of esters is 1. The van der Waals surface area contributed by atoms with E-state index in [0.29, 0.717) is 43.7 Å². The topological polar surface area (TPSA) is 90.0 Å². The monoisotopic (exact) mass is 403 g/mol. The Balaban J connectivity index is 1.53. The van der Waals surface area contributed by atoms with Gasteiger partial charge in [-0.2, -0.15) is 0 Å². The second-order valence-electron chi connectivity index (χ2n) is 7.06. The molecule has 158 valence electrons. The SMILES string of the molecule is CCCCCCOC(=O)CC(=O)COCCCCN1C(=O)c2ccccc2C1=O. The van der Waals surface area contributed by atoms with Crippen molar-refractivity contribution < 1.29 is 28.7 Å². The first-order chi connectivity index (χ1) is 14.0. The molecular formula is C22H29NO6. The Hall–Kier alpha value is -2.54. The Morgan fingerprint density at radius 2 is 1.55 bits per heavy atom. The van der Waals surface area contributed by atoms with E-state index < -0.39 is 5.97 Å². The maximum Gasteiger partial charge on any atom is 0.313 e. The molecule has 1 aliphatic heterocycles. The van der Waals surface area contributed by atoms with E-state index >= 15 is 0 Å². The van der Waals surface area contributed by atoms with Gasteiger partial charge in [-0.1, -0.05) is 38.3 Å². The number of ether oxygens (including phenoxy) is 2. The van der Waals surface area contributed by atoms with Gasteiger partial charge in [-0.05, 0) is 31.4 Å². The Morgan fingerprint density at radius 3 is 2.21 bits per heavy atom. The van der Waals surface area contributed by atoms with Gasteiger partial charge in [-0.3, -0.25) is 24.1 Å². The van der Waals surface area contributed by atoms with Gasteiger partial charge in [0.05, 0.1) is 17.7 Å². The summed E-state index contributed by atoms with van der Waals surface area (Å²) in [6.45, 7) is 2.95. The van der Waals surface area contributed by atoms with Crippen molar-refractivity contribution in [3.8, 4) is 0 Å². The summed E-state index contributed by atoms with van der Waals surface area (Å²) in [6, 6.07) is 6.78. The molecule has 7 nitrogen and oxygen atoms in total. The summed E-state index contributed by atoms with van der Waals surface area (Å²) in [7, 11) is 0. The molecule has 1 aliphatic rings. The number of benzene rings is 1. The second-order valence-corrected chi connectivity index (χ2v) is 7.06. The Labute approximate surface area is 171 Å². The molecule has 0 radical (unpaired) electrons. The highest BCUT2D eigenvalue weighted by molar-refractivity contribution is 6.21. The number of carbonyl (C=O) groups is 4. The number of rotatable bonds is 14. The van der Waals surface area contributed by atoms with Crippen molar-refractivity contribution in [2.45, 2.75) is 51.9 Å². The van der Waals surface area contributed by atoms with Crippen LogP contribution in [-0.2, 0) is 19.1 Å². The molecule has 2 rings (SSSR count). The molecule has 7 heteroatoms. The summed E-state index contributed by atoms with van der Waals surface area (Å²) >= 11 is 0. The van der Waals surface area contributed by atoms with Crippen molar-refractivity contribution in [3.05, 3.63) is 35.4 Å². The number of carbonyl (C=O) groups excluding carboxylic acids is 4. The molecule has 0 atom stereocenters. The van der Waals surface area contributed by atoms with Crippen molar-refractivity contribution in [1.82, 2.24) is 4.90 Å². The number of amides is 2. The summed E-state index contributed by atoms with van der Waals surface area (Å²) in [5, 5.41) is 0. The summed E-state index contributed by atoms with van der Waals surface area (Å²) in [6.07, 6.45) is 4.96. The number of imide groups is 1. The highest BCUT2D eigenvalue weighted by Crippen LogP contribution is 2.22. The normalized spacial score (nSPS) is 12.9. The summed E-state index contributed by atoms with van der Waals surface area (Å²) in [5.74, 6) is -1.37. The second kappa shape index (κ2) is 12.1. The average molecular weight is 403 g/mol. The predicted molar refractivity (Wildman–Crippen MR) is 107 cm³/mol. The van der Waals surface area contributed by atoms with Gasteiger partial charge in [0.2, 0.25) is 0 Å². The maximum atomic E-state index is 12.2. The lowest BCUT2D eigenvalue weighted by atomic mass is 10.1. The van der Waals surface area contributed by atoms with Crippen LogP contribution in [0.4, 0.5) is 0 Å². The van der Waals surface area contributed by atoms with Crippen molar-refractivity contribution in [2.24, 2.45) is 0 Å². The van der Waals surface area contributed by atoms with E-state index in [0.717, 1.165) is 25.7 Å². The molecule has 0 aliphatic carbocycles. The van der Waals surface area contributed by atoms with Crippen molar-refractivity contribution in [2.75, 3.05) is 26.4 Å². The fourth-order valence-corrected chi connectivity index (χ4v) is 3.08. The van der Waals surface area contributed by atoms with Crippen LogP contribution < -0.4 is 0 Å². The molecule has 29 heavy (non-hydrogen) atoms. The van der Waals surface area contributed by atoms with Crippen molar-refractivity contribution in [3.63, 3.8) is 0 Å². The van der Waals surface area contributed by atoms with Crippen LogP contribution in [-0.4, -0.2) is 54.8 Å². The Bertz CT molecular complexity index is 695. The summed E-state index contributed by atoms with van der Waals surface area (Å²) in [4.78, 5) is 49.0. The first-order valence-corrected chi connectivity index (χ1v) is 10.2. The quantitative estimate of drug-likeness (QED) is 0.205. The fraction of sp³-hybridized carbons (Fsp3) is 0.545. The molecule has 0 aromatic heterocycles. The fourth-order valence-electron chi connectivity index (χ4n) is 3.08. The highest BCUT2D eigenvalue weighted by atomic mass is 16.5. The first kappa shape index (κ1) is 22.7. The number of nitrogens with zero attached hydrogens (tertiary/aromatic N) is 1. The van der Waals surface area contributed by atoms with Crippen LogP contribution >= 0.6 is 0 Å². The van der Waals surface area contributed by atoms with Gasteiger partial charge in [0.25, 0.3) is 11.8 Å². The number of Topliss-reactive ketones (excluding diaryl/α,β-unsaturated/α-hetero) is 1. The maximum absolute atomic E-state index is 12.2. The van der Waals surface area contributed by atoms with Crippen LogP contribution in [0.15, 0.2) is 24.3 Å². The van der Waals surface area contributed by atoms with Gasteiger partial charge < -0.3 is 9.47 Å². The molecule has 0 spiro atoms. The van der Waals surface area contributed by atoms with E-state index in [1.165, 1.54) is 4.90 Å². The zero-order valence-electron chi connectivity index (χ0n) is 17.0. The molecular weight excluding hydrogens is 374 g/mol. The standard InChI is InChI=1S/C22H29NO6/c1-2-3-4-8-14-29-20(25)15-17(24)16-28-13-9-7-12-23-21(26)18-10-5-6-11-19(18)22(23)27/h5-6,10-11H,2-4,7-9,12-16H2,1H3. The lowest BCUT2D eigenvalue weighted by Gasteiger charge is -2.13. The molecule has 0 saturated carbocycles. The molecule has 0 saturated heterocycles. The van der Waals surface area contributed by atoms with Crippen molar-refractivity contribution in [1.29, 1.82) is 0 Å². The van der Waals surface area contributed by atoms with Gasteiger partial charge in [0, 0.05) is 13.2 Å². The van der Waals surface area contributed by atoms with Crippen molar-refractivity contribution >= 4 is 23.6 Å². The number of fused-ring (bicyclic) bond motifs is 1. The minimum atomic E-state index is -0.513. The average Bonchev–Trinajstić information content (AvgIpc) is 2.95. The van der Waals surface area contributed by atoms with Crippen LogP contribution in [0.5, 0.6) is 0 Å². The largest absolute Gasteiger partial charge is 0.465 e. The molecule has 1 heterocycles. The van der Waals surface area contributed by atoms with E-state index in [4.69, 9.17) is 9.47 Å². The van der Waals surface area contributed by atoms with E-state index in [-0.39, 0.29) is 30.6 Å². The third kappa shape index (κ3) is 7.09. The third-order valence-electron chi connectivity index (χ3n) is 4.66.